The smallest absolute Gasteiger partial charge is 0.243 e. The zero-order valence-corrected chi connectivity index (χ0v) is 16.4. The van der Waals surface area contributed by atoms with Crippen molar-refractivity contribution >= 4 is 10.0 Å². The van der Waals surface area contributed by atoms with Gasteiger partial charge in [0.15, 0.2) is 0 Å². The summed E-state index contributed by atoms with van der Waals surface area (Å²) in [6.07, 6.45) is 4.49. The Balaban J connectivity index is 1.89. The van der Waals surface area contributed by atoms with Gasteiger partial charge in [0.1, 0.15) is 0 Å². The van der Waals surface area contributed by atoms with Crippen molar-refractivity contribution in [2.75, 3.05) is 6.54 Å². The van der Waals surface area contributed by atoms with Crippen LogP contribution in [0.15, 0.2) is 47.5 Å². The van der Waals surface area contributed by atoms with Crippen LogP contribution in [0.2, 0.25) is 0 Å². The Bertz CT molecular complexity index is 830. The minimum absolute atomic E-state index is 0.0569. The molecule has 1 aromatic heterocycles. The quantitative estimate of drug-likeness (QED) is 0.791. The molecular formula is C20H26N2O3S. The third kappa shape index (κ3) is 4.07. The van der Waals surface area contributed by atoms with Crippen LogP contribution in [0.25, 0.3) is 0 Å². The maximum atomic E-state index is 13.2. The van der Waals surface area contributed by atoms with Crippen molar-refractivity contribution in [1.29, 1.82) is 0 Å². The van der Waals surface area contributed by atoms with Crippen LogP contribution in [-0.2, 0) is 10.0 Å². The number of rotatable bonds is 5. The monoisotopic (exact) mass is 374 g/mol. The molecule has 1 atom stereocenters. The number of aromatic nitrogens is 1. The first-order chi connectivity index (χ1) is 12.4. The molecule has 140 valence electrons. The lowest BCUT2D eigenvalue weighted by molar-refractivity contribution is 0.231. The average Bonchev–Trinajstić information content (AvgIpc) is 2.62. The Kier molecular flexibility index (Phi) is 5.63. The second-order valence-corrected chi connectivity index (χ2v) is 8.93. The van der Waals surface area contributed by atoms with Gasteiger partial charge in [-0.15, -0.1) is 0 Å². The van der Waals surface area contributed by atoms with E-state index in [1.165, 1.54) is 0 Å². The molecule has 3 rings (SSSR count). The maximum Gasteiger partial charge on any atom is 0.243 e. The average molecular weight is 375 g/mol. The van der Waals surface area contributed by atoms with E-state index in [1.54, 1.807) is 22.6 Å². The zero-order chi connectivity index (χ0) is 18.7. The van der Waals surface area contributed by atoms with Crippen LogP contribution in [0.1, 0.15) is 50.3 Å². The molecular weight excluding hydrogens is 348 g/mol. The second kappa shape index (κ2) is 7.76. The SMILES string of the molecule is Cc1ccc(S(=O)(=O)N2CCCCC2c2ccc(OC(C)C)nc2)cc1. The van der Waals surface area contributed by atoms with Gasteiger partial charge >= 0.3 is 0 Å². The van der Waals surface area contributed by atoms with E-state index >= 15 is 0 Å². The number of aryl methyl sites for hydroxylation is 1. The molecule has 2 aromatic rings. The van der Waals surface area contributed by atoms with Gasteiger partial charge in [-0.2, -0.15) is 4.31 Å². The van der Waals surface area contributed by atoms with Gasteiger partial charge in [-0.1, -0.05) is 30.2 Å². The van der Waals surface area contributed by atoms with Crippen molar-refractivity contribution < 1.29 is 13.2 Å². The number of benzene rings is 1. The van der Waals surface area contributed by atoms with Gasteiger partial charge in [-0.3, -0.25) is 0 Å². The fraction of sp³-hybridized carbons (Fsp3) is 0.450. The summed E-state index contributed by atoms with van der Waals surface area (Å²) in [6, 6.07) is 10.6. The van der Waals surface area contributed by atoms with Crippen molar-refractivity contribution in [3.63, 3.8) is 0 Å². The molecule has 0 spiro atoms. The van der Waals surface area contributed by atoms with E-state index in [0.29, 0.717) is 17.3 Å². The maximum absolute atomic E-state index is 13.2. The standard InChI is InChI=1S/C20H26N2O3S/c1-15(2)25-20-12-9-17(14-21-20)19-6-4-5-13-22(19)26(23,24)18-10-7-16(3)8-11-18/h7-12,14-15,19H,4-6,13H2,1-3H3. The van der Waals surface area contributed by atoms with E-state index in [1.807, 2.05) is 45.0 Å². The highest BCUT2D eigenvalue weighted by atomic mass is 32.2. The fourth-order valence-electron chi connectivity index (χ4n) is 3.27. The lowest BCUT2D eigenvalue weighted by Crippen LogP contribution is -2.38. The first kappa shape index (κ1) is 18.9. The number of nitrogens with zero attached hydrogens (tertiary/aromatic N) is 2. The summed E-state index contributed by atoms with van der Waals surface area (Å²) in [5.74, 6) is 0.563. The minimum atomic E-state index is -3.53. The topological polar surface area (TPSA) is 59.5 Å². The van der Waals surface area contributed by atoms with E-state index < -0.39 is 10.0 Å². The second-order valence-electron chi connectivity index (χ2n) is 7.04. The number of sulfonamides is 1. The number of hydrogen-bond donors (Lipinski definition) is 0. The van der Waals surface area contributed by atoms with Gasteiger partial charge in [0.25, 0.3) is 0 Å². The molecule has 2 heterocycles. The number of hydrogen-bond acceptors (Lipinski definition) is 4. The molecule has 26 heavy (non-hydrogen) atoms. The van der Waals surface area contributed by atoms with E-state index in [-0.39, 0.29) is 12.1 Å². The lowest BCUT2D eigenvalue weighted by Gasteiger charge is -2.34. The number of pyridine rings is 1. The van der Waals surface area contributed by atoms with Crippen molar-refractivity contribution in [1.82, 2.24) is 9.29 Å². The molecule has 1 aliphatic heterocycles. The first-order valence-corrected chi connectivity index (χ1v) is 10.5. The lowest BCUT2D eigenvalue weighted by atomic mass is 9.99. The van der Waals surface area contributed by atoms with Crippen LogP contribution < -0.4 is 4.74 Å². The van der Waals surface area contributed by atoms with E-state index in [9.17, 15) is 8.42 Å². The minimum Gasteiger partial charge on any atom is -0.475 e. The highest BCUT2D eigenvalue weighted by molar-refractivity contribution is 7.89. The zero-order valence-electron chi connectivity index (χ0n) is 15.6. The summed E-state index contributed by atoms with van der Waals surface area (Å²) in [7, 11) is -3.53. The summed E-state index contributed by atoms with van der Waals surface area (Å²) < 4.78 is 33.6. The van der Waals surface area contributed by atoms with Gasteiger partial charge in [0, 0.05) is 18.8 Å². The Morgan fingerprint density at radius 1 is 1.12 bits per heavy atom. The van der Waals surface area contributed by atoms with Gasteiger partial charge in [-0.25, -0.2) is 13.4 Å². The third-order valence-electron chi connectivity index (χ3n) is 4.58. The molecule has 0 saturated carbocycles. The van der Waals surface area contributed by atoms with Crippen LogP contribution in [-0.4, -0.2) is 30.4 Å². The van der Waals surface area contributed by atoms with E-state index in [4.69, 9.17) is 4.74 Å². The molecule has 0 amide bonds. The van der Waals surface area contributed by atoms with Crippen molar-refractivity contribution in [2.45, 2.75) is 57.1 Å². The van der Waals surface area contributed by atoms with E-state index in [0.717, 1.165) is 30.4 Å². The Morgan fingerprint density at radius 3 is 2.46 bits per heavy atom. The van der Waals surface area contributed by atoms with Crippen LogP contribution >= 0.6 is 0 Å². The highest BCUT2D eigenvalue weighted by Gasteiger charge is 2.34. The van der Waals surface area contributed by atoms with Gasteiger partial charge in [0.2, 0.25) is 15.9 Å². The fourth-order valence-corrected chi connectivity index (χ4v) is 4.95. The molecule has 0 aliphatic carbocycles. The van der Waals surface area contributed by atoms with Gasteiger partial charge < -0.3 is 4.74 Å². The van der Waals surface area contributed by atoms with Crippen molar-refractivity contribution in [2.24, 2.45) is 0 Å². The summed E-state index contributed by atoms with van der Waals surface area (Å²) in [5.41, 5.74) is 1.96. The predicted molar refractivity (Wildman–Crippen MR) is 102 cm³/mol. The Hall–Kier alpha value is -1.92. The molecule has 1 fully saturated rings. The molecule has 5 nitrogen and oxygen atoms in total. The first-order valence-electron chi connectivity index (χ1n) is 9.09. The normalized spacial score (nSPS) is 18.8. The molecule has 6 heteroatoms. The summed E-state index contributed by atoms with van der Waals surface area (Å²) in [4.78, 5) is 4.70. The van der Waals surface area contributed by atoms with Crippen molar-refractivity contribution in [3.8, 4) is 5.88 Å². The summed E-state index contributed by atoms with van der Waals surface area (Å²) in [5, 5.41) is 0. The summed E-state index contributed by atoms with van der Waals surface area (Å²) in [6.45, 7) is 6.39. The van der Waals surface area contributed by atoms with Crippen LogP contribution in [0, 0.1) is 6.92 Å². The molecule has 0 N–H and O–H groups in total. The molecule has 1 aliphatic rings. The number of piperidine rings is 1. The number of ether oxygens (including phenoxy) is 1. The van der Waals surface area contributed by atoms with E-state index in [2.05, 4.69) is 4.98 Å². The predicted octanol–water partition coefficient (Wildman–Crippen LogP) is 4.09. The molecule has 1 saturated heterocycles. The molecule has 1 unspecified atom stereocenters. The largest absolute Gasteiger partial charge is 0.475 e. The molecule has 0 radical (unpaired) electrons. The van der Waals surface area contributed by atoms with Crippen molar-refractivity contribution in [3.05, 3.63) is 53.7 Å². The highest BCUT2D eigenvalue weighted by Crippen LogP contribution is 2.35. The molecule has 1 aromatic carbocycles. The summed E-state index contributed by atoms with van der Waals surface area (Å²) >= 11 is 0. The van der Waals surface area contributed by atoms with Gasteiger partial charge in [0.05, 0.1) is 17.0 Å². The molecule has 0 bridgehead atoms. The van der Waals surface area contributed by atoms with Gasteiger partial charge in [-0.05, 0) is 51.3 Å². The third-order valence-corrected chi connectivity index (χ3v) is 6.50. The van der Waals surface area contributed by atoms with Crippen LogP contribution in [0.3, 0.4) is 0 Å². The van der Waals surface area contributed by atoms with Crippen LogP contribution in [0.4, 0.5) is 0 Å². The van der Waals surface area contributed by atoms with Crippen LogP contribution in [0.5, 0.6) is 5.88 Å². The Morgan fingerprint density at radius 2 is 1.85 bits per heavy atom. The Labute approximate surface area is 156 Å².